The summed E-state index contributed by atoms with van der Waals surface area (Å²) >= 11 is 0. The third kappa shape index (κ3) is 5.34. The molecule has 0 fully saturated rings. The summed E-state index contributed by atoms with van der Waals surface area (Å²) in [4.78, 5) is 18.4. The van der Waals surface area contributed by atoms with Crippen molar-refractivity contribution in [2.45, 2.75) is 20.5 Å². The van der Waals surface area contributed by atoms with E-state index < -0.39 is 0 Å². The van der Waals surface area contributed by atoms with Gasteiger partial charge >= 0.3 is 0 Å². The van der Waals surface area contributed by atoms with Crippen LogP contribution >= 0.6 is 0 Å². The SMILES string of the molecule is CCOc1cc(C=Nn2c(-c3cc4c(OC)cccc4o3)nc3ccccc3c2=O)ccc1OCc1ccc(C)cc1. The van der Waals surface area contributed by atoms with E-state index in [9.17, 15) is 4.79 Å². The van der Waals surface area contributed by atoms with Crippen LogP contribution in [0.15, 0.2) is 105 Å². The molecule has 0 amide bonds. The Morgan fingerprint density at radius 2 is 1.71 bits per heavy atom. The second-order valence-corrected chi connectivity index (χ2v) is 9.71. The number of methoxy groups -OCH3 is 1. The van der Waals surface area contributed by atoms with E-state index in [1.807, 2.05) is 67.6 Å². The van der Waals surface area contributed by atoms with Crippen LogP contribution in [0.4, 0.5) is 0 Å². The van der Waals surface area contributed by atoms with Crippen molar-refractivity contribution in [1.29, 1.82) is 0 Å². The van der Waals surface area contributed by atoms with Crippen LogP contribution < -0.4 is 19.8 Å². The maximum atomic E-state index is 13.6. The van der Waals surface area contributed by atoms with Crippen LogP contribution in [0.25, 0.3) is 33.5 Å². The number of para-hydroxylation sites is 1. The summed E-state index contributed by atoms with van der Waals surface area (Å²) in [6.45, 7) is 4.85. The summed E-state index contributed by atoms with van der Waals surface area (Å²) < 4.78 is 24.8. The molecular formula is C34H29N3O5. The molecular weight excluding hydrogens is 530 g/mol. The fourth-order valence-corrected chi connectivity index (χ4v) is 4.67. The minimum atomic E-state index is -0.317. The monoisotopic (exact) mass is 559 g/mol. The highest BCUT2D eigenvalue weighted by molar-refractivity contribution is 5.88. The van der Waals surface area contributed by atoms with Crippen LogP contribution in [0.2, 0.25) is 0 Å². The van der Waals surface area contributed by atoms with Gasteiger partial charge in [-0.3, -0.25) is 4.79 Å². The lowest BCUT2D eigenvalue weighted by molar-refractivity contribution is 0.269. The molecule has 8 heteroatoms. The molecule has 2 aromatic heterocycles. The quantitative estimate of drug-likeness (QED) is 0.178. The second-order valence-electron chi connectivity index (χ2n) is 9.71. The molecule has 4 aromatic carbocycles. The van der Waals surface area contributed by atoms with E-state index in [-0.39, 0.29) is 11.4 Å². The number of hydrogen-bond acceptors (Lipinski definition) is 7. The Labute approximate surface area is 242 Å². The van der Waals surface area contributed by atoms with Crippen molar-refractivity contribution in [1.82, 2.24) is 9.66 Å². The van der Waals surface area contributed by atoms with Gasteiger partial charge in [-0.25, -0.2) is 4.98 Å². The predicted molar refractivity (Wildman–Crippen MR) is 164 cm³/mol. The Balaban J connectivity index is 1.38. The number of aromatic nitrogens is 2. The van der Waals surface area contributed by atoms with Gasteiger partial charge in [-0.05, 0) is 73.5 Å². The molecule has 0 N–H and O–H groups in total. The highest BCUT2D eigenvalue weighted by atomic mass is 16.5. The number of aryl methyl sites for hydroxylation is 1. The molecule has 0 spiro atoms. The third-order valence-electron chi connectivity index (χ3n) is 6.82. The number of fused-ring (bicyclic) bond motifs is 2. The minimum absolute atomic E-state index is 0.274. The average molecular weight is 560 g/mol. The number of hydrogen-bond donors (Lipinski definition) is 0. The van der Waals surface area contributed by atoms with Crippen LogP contribution in [0.3, 0.4) is 0 Å². The lowest BCUT2D eigenvalue weighted by Gasteiger charge is -2.13. The van der Waals surface area contributed by atoms with E-state index in [4.69, 9.17) is 23.6 Å². The molecule has 6 rings (SSSR count). The fraction of sp³-hybridized carbons (Fsp3) is 0.147. The summed E-state index contributed by atoms with van der Waals surface area (Å²) in [5.41, 5.74) is 3.82. The van der Waals surface area contributed by atoms with Crippen LogP contribution in [-0.2, 0) is 6.61 Å². The Morgan fingerprint density at radius 1 is 0.881 bits per heavy atom. The van der Waals surface area contributed by atoms with E-state index in [0.29, 0.717) is 52.7 Å². The van der Waals surface area contributed by atoms with Crippen molar-refractivity contribution in [2.24, 2.45) is 5.10 Å². The molecule has 0 aliphatic heterocycles. The van der Waals surface area contributed by atoms with Gasteiger partial charge < -0.3 is 18.6 Å². The number of benzene rings is 4. The van der Waals surface area contributed by atoms with Crippen molar-refractivity contribution in [2.75, 3.05) is 13.7 Å². The minimum Gasteiger partial charge on any atom is -0.496 e. The second kappa shape index (κ2) is 11.6. The van der Waals surface area contributed by atoms with Gasteiger partial charge in [0.2, 0.25) is 5.82 Å². The molecule has 8 nitrogen and oxygen atoms in total. The van der Waals surface area contributed by atoms with Gasteiger partial charge in [0.15, 0.2) is 17.3 Å². The smallest absolute Gasteiger partial charge is 0.282 e. The van der Waals surface area contributed by atoms with Gasteiger partial charge in [0.1, 0.15) is 17.9 Å². The van der Waals surface area contributed by atoms with Gasteiger partial charge in [-0.15, -0.1) is 0 Å². The summed E-state index contributed by atoms with van der Waals surface area (Å²) in [5, 5.41) is 5.80. The molecule has 0 radical (unpaired) electrons. The Bertz CT molecular complexity index is 1970. The van der Waals surface area contributed by atoms with E-state index in [0.717, 1.165) is 16.5 Å². The Kier molecular flexibility index (Phi) is 7.43. The molecule has 0 aliphatic rings. The Morgan fingerprint density at radius 3 is 2.52 bits per heavy atom. The molecule has 210 valence electrons. The largest absolute Gasteiger partial charge is 0.496 e. The molecule has 0 bridgehead atoms. The first-order valence-corrected chi connectivity index (χ1v) is 13.6. The number of rotatable bonds is 9. The van der Waals surface area contributed by atoms with Crippen LogP contribution in [-0.4, -0.2) is 29.6 Å². The summed E-state index contributed by atoms with van der Waals surface area (Å²) in [6, 6.07) is 28.3. The lowest BCUT2D eigenvalue weighted by atomic mass is 10.2. The van der Waals surface area contributed by atoms with Crippen molar-refractivity contribution >= 4 is 28.1 Å². The zero-order chi connectivity index (χ0) is 29.1. The average Bonchev–Trinajstić information content (AvgIpc) is 3.46. The van der Waals surface area contributed by atoms with E-state index >= 15 is 0 Å². The standard InChI is InChI=1S/C34H29N3O5/c1-4-40-31-18-24(16-17-30(31)41-21-23-14-12-22(2)13-15-23)20-35-37-33(36-27-9-6-5-8-25(27)34(37)38)32-19-26-28(39-3)10-7-11-29(26)42-32/h5-20H,4,21H2,1-3H3. The lowest BCUT2D eigenvalue weighted by Crippen LogP contribution is -2.20. The van der Waals surface area contributed by atoms with Crippen LogP contribution in [0, 0.1) is 6.92 Å². The van der Waals surface area contributed by atoms with Gasteiger partial charge in [-0.1, -0.05) is 48.0 Å². The molecule has 6 aromatic rings. The molecule has 0 unspecified atom stereocenters. The normalized spacial score (nSPS) is 11.4. The number of ether oxygens (including phenoxy) is 3. The van der Waals surface area contributed by atoms with Crippen molar-refractivity contribution < 1.29 is 18.6 Å². The van der Waals surface area contributed by atoms with Gasteiger partial charge in [-0.2, -0.15) is 9.78 Å². The third-order valence-corrected chi connectivity index (χ3v) is 6.82. The molecule has 0 saturated heterocycles. The summed E-state index contributed by atoms with van der Waals surface area (Å²) in [5.74, 6) is 2.53. The first kappa shape index (κ1) is 26.8. The highest BCUT2D eigenvalue weighted by Crippen LogP contribution is 2.33. The van der Waals surface area contributed by atoms with Gasteiger partial charge in [0.25, 0.3) is 5.56 Å². The Hall–Kier alpha value is -5.37. The maximum Gasteiger partial charge on any atom is 0.282 e. The zero-order valence-electron chi connectivity index (χ0n) is 23.5. The van der Waals surface area contributed by atoms with Crippen LogP contribution in [0.1, 0.15) is 23.6 Å². The van der Waals surface area contributed by atoms with Crippen molar-refractivity contribution in [3.63, 3.8) is 0 Å². The molecule has 0 aliphatic carbocycles. The molecule has 42 heavy (non-hydrogen) atoms. The zero-order valence-corrected chi connectivity index (χ0v) is 23.5. The number of furan rings is 1. The fourth-order valence-electron chi connectivity index (χ4n) is 4.67. The maximum absolute atomic E-state index is 13.6. The molecule has 0 atom stereocenters. The number of nitrogens with zero attached hydrogens (tertiary/aromatic N) is 3. The molecule has 0 saturated carbocycles. The topological polar surface area (TPSA) is 88.1 Å². The predicted octanol–water partition coefficient (Wildman–Crippen LogP) is 6.99. The van der Waals surface area contributed by atoms with E-state index in [1.54, 1.807) is 31.5 Å². The van der Waals surface area contributed by atoms with Crippen molar-refractivity contribution in [3.05, 3.63) is 118 Å². The molecule has 2 heterocycles. The van der Waals surface area contributed by atoms with E-state index in [2.05, 4.69) is 24.2 Å². The van der Waals surface area contributed by atoms with Gasteiger partial charge in [0, 0.05) is 0 Å². The summed E-state index contributed by atoms with van der Waals surface area (Å²) in [6.07, 6.45) is 1.59. The first-order chi connectivity index (χ1) is 20.5. The highest BCUT2D eigenvalue weighted by Gasteiger charge is 2.18. The van der Waals surface area contributed by atoms with Crippen LogP contribution in [0.5, 0.6) is 17.2 Å². The summed E-state index contributed by atoms with van der Waals surface area (Å²) in [7, 11) is 1.60. The van der Waals surface area contributed by atoms with E-state index in [1.165, 1.54) is 10.2 Å². The first-order valence-electron chi connectivity index (χ1n) is 13.6. The van der Waals surface area contributed by atoms with Gasteiger partial charge in [0.05, 0.1) is 36.2 Å². The van der Waals surface area contributed by atoms with Crippen molar-refractivity contribution in [3.8, 4) is 28.8 Å².